The molecule has 7 heteroatoms. The van der Waals surface area contributed by atoms with Crippen LogP contribution in [0, 0.1) is 6.92 Å². The van der Waals surface area contributed by atoms with Gasteiger partial charge in [-0.25, -0.2) is 0 Å². The number of amides is 2. The first kappa shape index (κ1) is 12.7. The number of aryl methyl sites for hydroxylation is 1. The van der Waals surface area contributed by atoms with Crippen LogP contribution in [0.2, 0.25) is 0 Å². The van der Waals surface area contributed by atoms with Crippen LogP contribution < -0.4 is 10.6 Å². The van der Waals surface area contributed by atoms with E-state index in [1.165, 1.54) is 6.92 Å². The molecule has 0 spiro atoms. The number of rotatable bonds is 3. The molecule has 1 saturated heterocycles. The number of aromatic nitrogens is 1. The Morgan fingerprint density at radius 3 is 2.83 bits per heavy atom. The lowest BCUT2D eigenvalue weighted by Crippen LogP contribution is -2.47. The van der Waals surface area contributed by atoms with E-state index in [2.05, 4.69) is 15.0 Å². The number of piperidine rings is 1. The quantitative estimate of drug-likeness (QED) is 0.626. The molecule has 1 atom stereocenters. The van der Waals surface area contributed by atoms with Crippen LogP contribution in [0.25, 0.3) is 0 Å². The number of nitrogens with zero attached hydrogens (tertiary/aromatic N) is 1. The number of nitrogens with one attached hydrogen (secondary N) is 2. The van der Waals surface area contributed by atoms with Crippen molar-refractivity contribution in [3.63, 3.8) is 0 Å². The number of Topliss-reactive ketones (excluding diaryl/α,β-unsaturated/α-hetero) is 1. The first-order chi connectivity index (χ1) is 8.49. The van der Waals surface area contributed by atoms with Gasteiger partial charge in [-0.3, -0.25) is 19.7 Å². The van der Waals surface area contributed by atoms with Crippen molar-refractivity contribution in [3.8, 4) is 0 Å². The van der Waals surface area contributed by atoms with Crippen molar-refractivity contribution in [2.45, 2.75) is 32.7 Å². The summed E-state index contributed by atoms with van der Waals surface area (Å²) in [5.74, 6) is -0.701. The first-order valence-electron chi connectivity index (χ1n) is 5.56. The number of carbonyl (C=O) groups excluding carboxylic acids is 3. The zero-order valence-electron chi connectivity index (χ0n) is 10.1. The van der Waals surface area contributed by atoms with Crippen molar-refractivity contribution >= 4 is 34.1 Å². The third kappa shape index (κ3) is 2.40. The predicted octanol–water partition coefficient (Wildman–Crippen LogP) is 0.871. The van der Waals surface area contributed by atoms with E-state index in [0.29, 0.717) is 29.1 Å². The fourth-order valence-corrected chi connectivity index (χ4v) is 2.77. The highest BCUT2D eigenvalue weighted by molar-refractivity contribution is 7.10. The fourth-order valence-electron chi connectivity index (χ4n) is 1.87. The summed E-state index contributed by atoms with van der Waals surface area (Å²) < 4.78 is 4.10. The maximum absolute atomic E-state index is 11.6. The van der Waals surface area contributed by atoms with Gasteiger partial charge in [-0.1, -0.05) is 0 Å². The Morgan fingerprint density at radius 1 is 1.50 bits per heavy atom. The maximum Gasteiger partial charge on any atom is 0.249 e. The highest BCUT2D eigenvalue weighted by Crippen LogP contribution is 2.26. The summed E-state index contributed by atoms with van der Waals surface area (Å²) >= 11 is 1.15. The summed E-state index contributed by atoms with van der Waals surface area (Å²) in [6.07, 6.45) is 0.732. The first-order valence-corrected chi connectivity index (χ1v) is 6.34. The molecule has 0 saturated carbocycles. The van der Waals surface area contributed by atoms with Gasteiger partial charge in [0.05, 0.1) is 11.3 Å². The van der Waals surface area contributed by atoms with E-state index in [9.17, 15) is 14.4 Å². The monoisotopic (exact) mass is 267 g/mol. The second-order valence-electron chi connectivity index (χ2n) is 4.18. The SMILES string of the molecule is CC(=O)c1c(C)nsc1NC1CCC(=O)NC1=O. The minimum absolute atomic E-state index is 0.0870. The smallest absolute Gasteiger partial charge is 0.249 e. The lowest BCUT2D eigenvalue weighted by molar-refractivity contribution is -0.133. The molecule has 6 nitrogen and oxygen atoms in total. The fraction of sp³-hybridized carbons (Fsp3) is 0.455. The molecule has 1 aliphatic heterocycles. The summed E-state index contributed by atoms with van der Waals surface area (Å²) in [5.41, 5.74) is 1.17. The number of hydrogen-bond acceptors (Lipinski definition) is 6. The Balaban J connectivity index is 2.17. The number of carbonyl (C=O) groups is 3. The lowest BCUT2D eigenvalue weighted by Gasteiger charge is -2.22. The third-order valence-corrected chi connectivity index (χ3v) is 3.63. The van der Waals surface area contributed by atoms with Gasteiger partial charge < -0.3 is 5.32 Å². The van der Waals surface area contributed by atoms with Gasteiger partial charge in [0.1, 0.15) is 11.0 Å². The van der Waals surface area contributed by atoms with E-state index in [0.717, 1.165) is 11.5 Å². The second-order valence-corrected chi connectivity index (χ2v) is 4.95. The Hall–Kier alpha value is -1.76. The van der Waals surface area contributed by atoms with Crippen molar-refractivity contribution in [1.29, 1.82) is 0 Å². The molecule has 1 aliphatic rings. The molecule has 18 heavy (non-hydrogen) atoms. The van der Waals surface area contributed by atoms with E-state index < -0.39 is 6.04 Å². The topological polar surface area (TPSA) is 88.2 Å². The van der Waals surface area contributed by atoms with Gasteiger partial charge in [-0.15, -0.1) is 0 Å². The van der Waals surface area contributed by atoms with E-state index in [1.807, 2.05) is 0 Å². The van der Waals surface area contributed by atoms with Crippen molar-refractivity contribution in [1.82, 2.24) is 9.69 Å². The molecule has 2 amide bonds. The minimum Gasteiger partial charge on any atom is -0.363 e. The number of ketones is 1. The van der Waals surface area contributed by atoms with Crippen molar-refractivity contribution in [3.05, 3.63) is 11.3 Å². The van der Waals surface area contributed by atoms with Gasteiger partial charge >= 0.3 is 0 Å². The Labute approximate surface area is 108 Å². The van der Waals surface area contributed by atoms with Gasteiger partial charge in [-0.2, -0.15) is 4.37 Å². The number of imide groups is 1. The van der Waals surface area contributed by atoms with Gasteiger partial charge in [0, 0.05) is 6.42 Å². The zero-order chi connectivity index (χ0) is 13.3. The van der Waals surface area contributed by atoms with E-state index in [-0.39, 0.29) is 17.6 Å². The average molecular weight is 267 g/mol. The molecule has 0 aromatic carbocycles. The predicted molar refractivity (Wildman–Crippen MR) is 66.6 cm³/mol. The van der Waals surface area contributed by atoms with Crippen LogP contribution >= 0.6 is 11.5 Å². The maximum atomic E-state index is 11.6. The molecular weight excluding hydrogens is 254 g/mol. The van der Waals surface area contributed by atoms with Gasteiger partial charge in [-0.05, 0) is 31.8 Å². The van der Waals surface area contributed by atoms with Gasteiger partial charge in [0.25, 0.3) is 0 Å². The summed E-state index contributed by atoms with van der Waals surface area (Å²) in [6.45, 7) is 3.22. The molecule has 0 radical (unpaired) electrons. The van der Waals surface area contributed by atoms with Crippen molar-refractivity contribution in [2.75, 3.05) is 5.32 Å². The van der Waals surface area contributed by atoms with E-state index >= 15 is 0 Å². The Bertz CT molecular complexity index is 524. The molecule has 1 fully saturated rings. The summed E-state index contributed by atoms with van der Waals surface area (Å²) in [5, 5.41) is 5.85. The standard InChI is InChI=1S/C11H13N3O3S/c1-5-9(6(2)15)11(18-14-5)12-7-3-4-8(16)13-10(7)17/h7,12H,3-4H2,1-2H3,(H,13,16,17). The summed E-state index contributed by atoms with van der Waals surface area (Å²) in [4.78, 5) is 34.1. The largest absolute Gasteiger partial charge is 0.363 e. The Morgan fingerprint density at radius 2 is 2.22 bits per heavy atom. The molecule has 0 bridgehead atoms. The molecule has 1 unspecified atom stereocenters. The van der Waals surface area contributed by atoms with Gasteiger partial charge in [0.15, 0.2) is 5.78 Å². The minimum atomic E-state index is -0.486. The highest BCUT2D eigenvalue weighted by Gasteiger charge is 2.28. The number of anilines is 1. The molecule has 1 aromatic heterocycles. The van der Waals surface area contributed by atoms with Crippen LogP contribution in [0.5, 0.6) is 0 Å². The van der Waals surface area contributed by atoms with Crippen molar-refractivity contribution < 1.29 is 14.4 Å². The highest BCUT2D eigenvalue weighted by atomic mass is 32.1. The van der Waals surface area contributed by atoms with Crippen LogP contribution in [0.1, 0.15) is 35.8 Å². The van der Waals surface area contributed by atoms with E-state index in [4.69, 9.17) is 0 Å². The molecule has 0 aliphatic carbocycles. The molecule has 2 N–H and O–H groups in total. The summed E-state index contributed by atoms with van der Waals surface area (Å²) in [6, 6.07) is -0.486. The normalized spacial score (nSPS) is 19.6. The third-order valence-electron chi connectivity index (χ3n) is 2.76. The molecule has 2 rings (SSSR count). The van der Waals surface area contributed by atoms with E-state index in [1.54, 1.807) is 6.92 Å². The molecule has 96 valence electrons. The van der Waals surface area contributed by atoms with Crippen molar-refractivity contribution in [2.24, 2.45) is 0 Å². The summed E-state index contributed by atoms with van der Waals surface area (Å²) in [7, 11) is 0. The lowest BCUT2D eigenvalue weighted by atomic mass is 10.1. The van der Waals surface area contributed by atoms with Crippen LogP contribution in [-0.4, -0.2) is 28.0 Å². The molecular formula is C11H13N3O3S. The molecule has 2 heterocycles. The molecule has 1 aromatic rings. The van der Waals surface area contributed by atoms with Crippen LogP contribution in [0.15, 0.2) is 0 Å². The average Bonchev–Trinajstić information content (AvgIpc) is 2.64. The van der Waals surface area contributed by atoms with Crippen LogP contribution in [0.4, 0.5) is 5.00 Å². The Kier molecular flexibility index (Phi) is 3.42. The second kappa shape index (κ2) is 4.85. The van der Waals surface area contributed by atoms with Crippen LogP contribution in [0.3, 0.4) is 0 Å². The van der Waals surface area contributed by atoms with Crippen LogP contribution in [-0.2, 0) is 9.59 Å². The van der Waals surface area contributed by atoms with Gasteiger partial charge in [0.2, 0.25) is 11.8 Å². The zero-order valence-corrected chi connectivity index (χ0v) is 10.9. The number of hydrogen-bond donors (Lipinski definition) is 2.